The van der Waals surface area contributed by atoms with Crippen LogP contribution in [0.25, 0.3) is 0 Å². The Labute approximate surface area is 114 Å². The first kappa shape index (κ1) is 11.4. The molecule has 1 aromatic heterocycles. The molecule has 2 aliphatic heterocycles. The zero-order chi connectivity index (χ0) is 12.8. The van der Waals surface area contributed by atoms with Crippen LogP contribution in [-0.2, 0) is 0 Å². The van der Waals surface area contributed by atoms with E-state index in [2.05, 4.69) is 27.9 Å². The summed E-state index contributed by atoms with van der Waals surface area (Å²) in [5.41, 5.74) is 2.78. The fourth-order valence-electron chi connectivity index (χ4n) is 3.67. The Hall–Kier alpha value is -1.38. The number of hydrogen-bond acceptors (Lipinski definition) is 3. The van der Waals surface area contributed by atoms with E-state index < -0.39 is 0 Å². The number of nitrogens with zero attached hydrogens (tertiary/aromatic N) is 3. The number of anilines is 1. The molecule has 3 aliphatic rings. The first-order valence-electron chi connectivity index (χ1n) is 7.57. The fraction of sp³-hybridized carbons (Fsp3) is 0.625. The van der Waals surface area contributed by atoms with Gasteiger partial charge in [-0.05, 0) is 57.4 Å². The third-order valence-electron chi connectivity index (χ3n) is 4.72. The van der Waals surface area contributed by atoms with Crippen molar-refractivity contribution in [2.75, 3.05) is 4.90 Å². The van der Waals surface area contributed by atoms with Crippen LogP contribution in [0.3, 0.4) is 0 Å². The van der Waals surface area contributed by atoms with Crippen molar-refractivity contribution in [2.24, 2.45) is 5.92 Å². The number of allylic oxidation sites excluding steroid dienone is 1. The van der Waals surface area contributed by atoms with Gasteiger partial charge in [0.25, 0.3) is 0 Å². The van der Waals surface area contributed by atoms with Crippen LogP contribution in [-0.4, -0.2) is 22.1 Å². The molecule has 0 aromatic carbocycles. The van der Waals surface area contributed by atoms with E-state index in [1.165, 1.54) is 38.5 Å². The first-order valence-corrected chi connectivity index (χ1v) is 7.57. The molecular weight excluding hydrogens is 234 g/mol. The van der Waals surface area contributed by atoms with Gasteiger partial charge in [-0.25, -0.2) is 9.97 Å². The molecule has 0 spiro atoms. The lowest BCUT2D eigenvalue weighted by molar-refractivity contribution is 0.535. The number of piperidine rings is 1. The molecule has 1 aromatic rings. The molecule has 3 fully saturated rings. The normalized spacial score (nSPS) is 29.7. The van der Waals surface area contributed by atoms with E-state index in [9.17, 15) is 0 Å². The van der Waals surface area contributed by atoms with Crippen LogP contribution in [0.1, 0.15) is 44.2 Å². The first-order chi connectivity index (χ1) is 9.29. The van der Waals surface area contributed by atoms with Crippen LogP contribution >= 0.6 is 0 Å². The number of aryl methyl sites for hydroxylation is 1. The second kappa shape index (κ2) is 4.32. The summed E-state index contributed by atoms with van der Waals surface area (Å²) >= 11 is 0. The molecule has 0 N–H and O–H groups in total. The Morgan fingerprint density at radius 3 is 2.53 bits per heavy atom. The molecule has 3 nitrogen and oxygen atoms in total. The Morgan fingerprint density at radius 1 is 1.16 bits per heavy atom. The summed E-state index contributed by atoms with van der Waals surface area (Å²) < 4.78 is 0. The third-order valence-corrected chi connectivity index (χ3v) is 4.72. The van der Waals surface area contributed by atoms with Gasteiger partial charge in [-0.2, -0.15) is 0 Å². The average molecular weight is 255 g/mol. The molecule has 2 atom stereocenters. The summed E-state index contributed by atoms with van der Waals surface area (Å²) in [5, 5.41) is 0. The van der Waals surface area contributed by atoms with Crippen molar-refractivity contribution in [3.05, 3.63) is 29.6 Å². The molecule has 2 unspecified atom stereocenters. The van der Waals surface area contributed by atoms with Crippen molar-refractivity contribution < 1.29 is 0 Å². The van der Waals surface area contributed by atoms with Gasteiger partial charge in [0, 0.05) is 24.0 Å². The van der Waals surface area contributed by atoms with Crippen molar-refractivity contribution >= 4 is 5.95 Å². The molecule has 1 saturated carbocycles. The van der Waals surface area contributed by atoms with Gasteiger partial charge in [-0.3, -0.25) is 0 Å². The van der Waals surface area contributed by atoms with Crippen LogP contribution in [0, 0.1) is 12.8 Å². The minimum Gasteiger partial charge on any atom is -0.334 e. The maximum Gasteiger partial charge on any atom is 0.226 e. The van der Waals surface area contributed by atoms with Crippen LogP contribution in [0.2, 0.25) is 0 Å². The standard InChI is InChI=1S/C16H21N3/c1-11-6-7-17-16(18-11)19-14-4-5-15(19)10-13(9-14)8-12-2-3-12/h6-8,12,14-15H,2-5,9-10H2,1H3. The Morgan fingerprint density at radius 2 is 1.89 bits per heavy atom. The molecule has 3 heterocycles. The van der Waals surface area contributed by atoms with Gasteiger partial charge in [0.1, 0.15) is 0 Å². The average Bonchev–Trinajstić information content (AvgIpc) is 3.15. The highest BCUT2D eigenvalue weighted by molar-refractivity contribution is 5.40. The third kappa shape index (κ3) is 2.15. The summed E-state index contributed by atoms with van der Waals surface area (Å²) in [5.74, 6) is 1.87. The van der Waals surface area contributed by atoms with Crippen molar-refractivity contribution in [1.29, 1.82) is 0 Å². The monoisotopic (exact) mass is 255 g/mol. The van der Waals surface area contributed by atoms with E-state index in [4.69, 9.17) is 0 Å². The molecule has 2 bridgehead atoms. The highest BCUT2D eigenvalue weighted by Crippen LogP contribution is 2.42. The SMILES string of the molecule is Cc1ccnc(N2C3CCC2CC(=CC2CC2)C3)n1. The molecule has 2 saturated heterocycles. The quantitative estimate of drug-likeness (QED) is 0.760. The predicted molar refractivity (Wildman–Crippen MR) is 76.1 cm³/mol. The summed E-state index contributed by atoms with van der Waals surface area (Å²) in [6, 6.07) is 3.27. The Kier molecular flexibility index (Phi) is 2.61. The van der Waals surface area contributed by atoms with Gasteiger partial charge in [0.2, 0.25) is 5.95 Å². The molecular formula is C16H21N3. The van der Waals surface area contributed by atoms with Gasteiger partial charge < -0.3 is 4.90 Å². The largest absolute Gasteiger partial charge is 0.334 e. The summed E-state index contributed by atoms with van der Waals surface area (Å²) in [6.45, 7) is 2.05. The molecule has 0 radical (unpaired) electrons. The van der Waals surface area contributed by atoms with E-state index in [0.29, 0.717) is 12.1 Å². The summed E-state index contributed by atoms with van der Waals surface area (Å²) in [4.78, 5) is 11.6. The lowest BCUT2D eigenvalue weighted by Crippen LogP contribution is -2.41. The van der Waals surface area contributed by atoms with E-state index in [0.717, 1.165) is 17.6 Å². The van der Waals surface area contributed by atoms with E-state index >= 15 is 0 Å². The molecule has 3 heteroatoms. The van der Waals surface area contributed by atoms with Crippen molar-refractivity contribution in [2.45, 2.75) is 57.5 Å². The summed E-state index contributed by atoms with van der Waals surface area (Å²) in [6.07, 6.45) is 12.4. The van der Waals surface area contributed by atoms with Crippen LogP contribution in [0.5, 0.6) is 0 Å². The van der Waals surface area contributed by atoms with Gasteiger partial charge in [0.15, 0.2) is 0 Å². The number of rotatable bonds is 2. The zero-order valence-electron chi connectivity index (χ0n) is 11.5. The zero-order valence-corrected chi connectivity index (χ0v) is 11.5. The van der Waals surface area contributed by atoms with Crippen molar-refractivity contribution in [1.82, 2.24) is 9.97 Å². The maximum atomic E-state index is 4.63. The minimum atomic E-state index is 0.644. The second-order valence-corrected chi connectivity index (χ2v) is 6.36. The van der Waals surface area contributed by atoms with Gasteiger partial charge in [-0.15, -0.1) is 0 Å². The smallest absolute Gasteiger partial charge is 0.226 e. The molecule has 19 heavy (non-hydrogen) atoms. The number of fused-ring (bicyclic) bond motifs is 2. The van der Waals surface area contributed by atoms with Gasteiger partial charge >= 0.3 is 0 Å². The predicted octanol–water partition coefficient (Wildman–Crippen LogP) is 3.25. The Balaban J connectivity index is 1.59. The lowest BCUT2D eigenvalue weighted by atomic mass is 9.96. The van der Waals surface area contributed by atoms with Crippen LogP contribution in [0.15, 0.2) is 23.9 Å². The van der Waals surface area contributed by atoms with E-state index in [-0.39, 0.29) is 0 Å². The molecule has 0 amide bonds. The second-order valence-electron chi connectivity index (χ2n) is 6.36. The van der Waals surface area contributed by atoms with Crippen LogP contribution < -0.4 is 4.90 Å². The van der Waals surface area contributed by atoms with Gasteiger partial charge in [0.05, 0.1) is 0 Å². The van der Waals surface area contributed by atoms with E-state index in [1.54, 1.807) is 5.57 Å². The molecule has 1 aliphatic carbocycles. The topological polar surface area (TPSA) is 29.0 Å². The summed E-state index contributed by atoms with van der Waals surface area (Å²) in [7, 11) is 0. The van der Waals surface area contributed by atoms with E-state index in [1.807, 2.05) is 12.3 Å². The van der Waals surface area contributed by atoms with Crippen molar-refractivity contribution in [3.63, 3.8) is 0 Å². The molecule has 4 rings (SSSR count). The van der Waals surface area contributed by atoms with Gasteiger partial charge in [-0.1, -0.05) is 11.6 Å². The minimum absolute atomic E-state index is 0.644. The molecule has 100 valence electrons. The lowest BCUT2D eigenvalue weighted by Gasteiger charge is -2.36. The highest BCUT2D eigenvalue weighted by Gasteiger charge is 2.40. The fourth-order valence-corrected chi connectivity index (χ4v) is 3.67. The highest BCUT2D eigenvalue weighted by atomic mass is 15.3. The number of hydrogen-bond donors (Lipinski definition) is 0. The maximum absolute atomic E-state index is 4.63. The van der Waals surface area contributed by atoms with Crippen molar-refractivity contribution in [3.8, 4) is 0 Å². The Bertz CT molecular complexity index is 502. The number of aromatic nitrogens is 2. The van der Waals surface area contributed by atoms with Crippen LogP contribution in [0.4, 0.5) is 5.95 Å².